The third-order valence-corrected chi connectivity index (χ3v) is 5.08. The van der Waals surface area contributed by atoms with Crippen molar-refractivity contribution in [1.82, 2.24) is 9.78 Å². The molecule has 154 valence electrons. The maximum absolute atomic E-state index is 12.6. The molecule has 0 spiro atoms. The highest BCUT2D eigenvalue weighted by molar-refractivity contribution is 7.99. The van der Waals surface area contributed by atoms with E-state index >= 15 is 0 Å². The normalized spacial score (nSPS) is 11.6. The Bertz CT molecular complexity index is 795. The number of nitrogens with zero attached hydrogens (tertiary/aromatic N) is 4. The largest absolute Gasteiger partial charge is 0.619 e. The molecule has 0 saturated heterocycles. The third-order valence-electron chi connectivity index (χ3n) is 4.01. The lowest BCUT2D eigenvalue weighted by atomic mass is 10.3. The molecule has 2 rings (SSSR count). The van der Waals surface area contributed by atoms with Crippen molar-refractivity contribution >= 4 is 23.4 Å². The fourth-order valence-electron chi connectivity index (χ4n) is 2.68. The van der Waals surface area contributed by atoms with E-state index in [-0.39, 0.29) is 18.7 Å². The Morgan fingerprint density at radius 1 is 1.39 bits per heavy atom. The number of anilines is 1. The van der Waals surface area contributed by atoms with E-state index in [1.807, 2.05) is 6.92 Å². The van der Waals surface area contributed by atoms with Crippen molar-refractivity contribution in [2.24, 2.45) is 0 Å². The van der Waals surface area contributed by atoms with Crippen molar-refractivity contribution in [2.75, 3.05) is 23.0 Å². The summed E-state index contributed by atoms with van der Waals surface area (Å²) in [6, 6.07) is 3.35. The molecule has 28 heavy (non-hydrogen) atoms. The molecule has 0 aliphatic carbocycles. The van der Waals surface area contributed by atoms with Crippen LogP contribution >= 0.6 is 11.8 Å². The Morgan fingerprint density at radius 3 is 2.79 bits per heavy atom. The first-order chi connectivity index (χ1) is 13.2. The first-order valence-corrected chi connectivity index (χ1v) is 10.1. The van der Waals surface area contributed by atoms with E-state index < -0.39 is 12.6 Å². The van der Waals surface area contributed by atoms with Crippen LogP contribution in [0.3, 0.4) is 0 Å². The molecule has 2 heterocycles. The molecule has 0 N–H and O–H groups in total. The number of thioether (sulfide) groups is 1. The quantitative estimate of drug-likeness (QED) is 0.356. The molecule has 0 saturated carbocycles. The number of aryl methyl sites for hydroxylation is 1. The van der Waals surface area contributed by atoms with Gasteiger partial charge in [-0.3, -0.25) is 4.79 Å². The summed E-state index contributed by atoms with van der Waals surface area (Å²) in [4.78, 5) is 14.2. The maximum atomic E-state index is 12.6. The summed E-state index contributed by atoms with van der Waals surface area (Å²) in [6.45, 7) is 4.07. The van der Waals surface area contributed by atoms with E-state index in [4.69, 9.17) is 0 Å². The Morgan fingerprint density at radius 2 is 2.14 bits per heavy atom. The van der Waals surface area contributed by atoms with Crippen LogP contribution in [0.25, 0.3) is 5.69 Å². The van der Waals surface area contributed by atoms with Crippen molar-refractivity contribution in [3.05, 3.63) is 41.6 Å². The van der Waals surface area contributed by atoms with Gasteiger partial charge in [0.25, 0.3) is 0 Å². The van der Waals surface area contributed by atoms with E-state index in [9.17, 15) is 23.2 Å². The number of carbonyl (C=O) groups excluding carboxylic acids is 1. The smallest absolute Gasteiger partial charge is 0.389 e. The van der Waals surface area contributed by atoms with Crippen LogP contribution < -0.4 is 9.63 Å². The van der Waals surface area contributed by atoms with Crippen molar-refractivity contribution in [2.45, 2.75) is 39.3 Å². The second kappa shape index (κ2) is 9.81. The van der Waals surface area contributed by atoms with Crippen LogP contribution in [-0.4, -0.2) is 39.9 Å². The number of hydrogen-bond donors (Lipinski definition) is 0. The van der Waals surface area contributed by atoms with Crippen LogP contribution in [0, 0.1) is 12.1 Å². The van der Waals surface area contributed by atoms with E-state index in [1.165, 1.54) is 24.2 Å². The van der Waals surface area contributed by atoms with E-state index in [2.05, 4.69) is 5.10 Å². The van der Waals surface area contributed by atoms with Crippen molar-refractivity contribution in [3.63, 3.8) is 0 Å². The molecular formula is C18H23F3N4O2S. The summed E-state index contributed by atoms with van der Waals surface area (Å²) in [5.41, 5.74) is 1.88. The van der Waals surface area contributed by atoms with Crippen molar-refractivity contribution < 1.29 is 22.7 Å². The van der Waals surface area contributed by atoms with Crippen LogP contribution in [-0.2, 0) is 4.79 Å². The van der Waals surface area contributed by atoms with Gasteiger partial charge in [0, 0.05) is 31.2 Å². The number of aromatic nitrogens is 3. The standard InChI is InChI=1S/C18H23F3N4O2S/c1-3-24(17(26)7-11-28-10-5-8-18(19,20)21)16-13-25(22-14(16)2)15-6-4-9-23(27)12-15/h4,6,9,12-13H,3,5,7-8,10-11H2,1-2H3. The molecule has 0 aliphatic rings. The summed E-state index contributed by atoms with van der Waals surface area (Å²) in [5, 5.41) is 15.8. The van der Waals surface area contributed by atoms with Crippen LogP contribution in [0.1, 0.15) is 31.9 Å². The first kappa shape index (κ1) is 22.1. The Balaban J connectivity index is 1.94. The molecular weight excluding hydrogens is 393 g/mol. The van der Waals surface area contributed by atoms with Crippen LogP contribution in [0.4, 0.5) is 18.9 Å². The van der Waals surface area contributed by atoms with Gasteiger partial charge in [0.1, 0.15) is 5.69 Å². The zero-order valence-corrected chi connectivity index (χ0v) is 16.6. The van der Waals surface area contributed by atoms with Gasteiger partial charge in [-0.15, -0.1) is 0 Å². The molecule has 0 radical (unpaired) electrons. The maximum Gasteiger partial charge on any atom is 0.389 e. The number of alkyl halides is 3. The lowest BCUT2D eigenvalue weighted by molar-refractivity contribution is -0.605. The third kappa shape index (κ3) is 6.43. The second-order valence-electron chi connectivity index (χ2n) is 6.19. The highest BCUT2D eigenvalue weighted by Gasteiger charge is 2.26. The van der Waals surface area contributed by atoms with Gasteiger partial charge in [0.2, 0.25) is 12.1 Å². The predicted molar refractivity (Wildman–Crippen MR) is 103 cm³/mol. The molecule has 2 aromatic heterocycles. The molecule has 10 heteroatoms. The van der Waals surface area contributed by atoms with Gasteiger partial charge < -0.3 is 10.1 Å². The van der Waals surface area contributed by atoms with Gasteiger partial charge in [-0.25, -0.2) is 4.68 Å². The number of amides is 1. The molecule has 0 aliphatic heterocycles. The zero-order valence-electron chi connectivity index (χ0n) is 15.8. The molecule has 0 fully saturated rings. The minimum atomic E-state index is -4.13. The highest BCUT2D eigenvalue weighted by Crippen LogP contribution is 2.24. The van der Waals surface area contributed by atoms with Gasteiger partial charge in [0.05, 0.1) is 17.6 Å². The molecule has 0 aromatic carbocycles. The fourth-order valence-corrected chi connectivity index (χ4v) is 3.55. The van der Waals surface area contributed by atoms with Gasteiger partial charge in [0.15, 0.2) is 6.20 Å². The number of halogens is 3. The average Bonchev–Trinajstić information content (AvgIpc) is 2.99. The van der Waals surface area contributed by atoms with E-state index in [0.717, 1.165) is 0 Å². The first-order valence-electron chi connectivity index (χ1n) is 8.91. The predicted octanol–water partition coefficient (Wildman–Crippen LogP) is 3.63. The highest BCUT2D eigenvalue weighted by atomic mass is 32.2. The van der Waals surface area contributed by atoms with Gasteiger partial charge in [-0.2, -0.15) is 34.8 Å². The number of hydrogen-bond acceptors (Lipinski definition) is 4. The molecule has 0 atom stereocenters. The zero-order chi connectivity index (χ0) is 20.7. The van der Waals surface area contributed by atoms with E-state index in [1.54, 1.807) is 34.8 Å². The van der Waals surface area contributed by atoms with Gasteiger partial charge >= 0.3 is 6.18 Å². The molecule has 1 amide bonds. The fraction of sp³-hybridized carbons (Fsp3) is 0.500. The topological polar surface area (TPSA) is 65.1 Å². The van der Waals surface area contributed by atoms with Crippen molar-refractivity contribution in [1.29, 1.82) is 0 Å². The SMILES string of the molecule is CCN(C(=O)CCSCCCC(F)(F)F)c1cn(-c2ccc[n+]([O-])c2)nc1C. The minimum absolute atomic E-state index is 0.0581. The average molecular weight is 416 g/mol. The van der Waals surface area contributed by atoms with E-state index in [0.29, 0.717) is 39.8 Å². The number of rotatable bonds is 9. The van der Waals surface area contributed by atoms with Crippen LogP contribution in [0.15, 0.2) is 30.7 Å². The Kier molecular flexibility index (Phi) is 7.73. The molecule has 0 bridgehead atoms. The van der Waals surface area contributed by atoms with Crippen molar-refractivity contribution in [3.8, 4) is 5.69 Å². The lowest BCUT2D eigenvalue weighted by Gasteiger charge is -2.20. The van der Waals surface area contributed by atoms with Gasteiger partial charge in [-0.1, -0.05) is 0 Å². The summed E-state index contributed by atoms with van der Waals surface area (Å²) in [6.07, 6.45) is -0.180. The summed E-state index contributed by atoms with van der Waals surface area (Å²) in [5.74, 6) is 0.731. The molecule has 0 unspecified atom stereocenters. The van der Waals surface area contributed by atoms with Gasteiger partial charge in [-0.05, 0) is 32.1 Å². The number of carbonyl (C=O) groups is 1. The number of pyridine rings is 1. The second-order valence-corrected chi connectivity index (χ2v) is 7.41. The summed E-state index contributed by atoms with van der Waals surface area (Å²) in [7, 11) is 0. The summed E-state index contributed by atoms with van der Waals surface area (Å²) >= 11 is 1.35. The monoisotopic (exact) mass is 416 g/mol. The lowest BCUT2D eigenvalue weighted by Crippen LogP contribution is -2.31. The van der Waals surface area contributed by atoms with Crippen LogP contribution in [0.2, 0.25) is 0 Å². The van der Waals surface area contributed by atoms with Crippen LogP contribution in [0.5, 0.6) is 0 Å². The Hall–Kier alpha value is -2.23. The summed E-state index contributed by atoms with van der Waals surface area (Å²) < 4.78 is 38.6. The molecule has 6 nitrogen and oxygen atoms in total. The Labute approximate surface area is 165 Å². The molecule has 2 aromatic rings. The minimum Gasteiger partial charge on any atom is -0.619 e.